The van der Waals surface area contributed by atoms with Crippen molar-refractivity contribution in [3.8, 4) is 0 Å². The van der Waals surface area contributed by atoms with E-state index in [1.807, 2.05) is 18.2 Å². The summed E-state index contributed by atoms with van der Waals surface area (Å²) in [5, 5.41) is 0. The fraction of sp³-hybridized carbons (Fsp3) is 0.200. The molecule has 0 amide bonds. The third-order valence-corrected chi connectivity index (χ3v) is 3.21. The van der Waals surface area contributed by atoms with E-state index in [0.717, 1.165) is 5.56 Å². The lowest BCUT2D eigenvalue weighted by molar-refractivity contribution is -0.110. The zero-order valence-electron chi connectivity index (χ0n) is 7.62. The topological polar surface area (TPSA) is 34.1 Å². The molecule has 3 heteroatoms. The predicted molar refractivity (Wildman–Crippen MR) is 52.0 cm³/mol. The van der Waals surface area contributed by atoms with Gasteiger partial charge in [-0.3, -0.25) is 4.79 Å². The normalized spacial score (nSPS) is 9.00. The van der Waals surface area contributed by atoms with Crippen molar-refractivity contribution in [2.45, 2.75) is 11.5 Å². The lowest BCUT2D eigenvalue weighted by Gasteiger charge is -1.96. The van der Waals surface area contributed by atoms with Crippen LogP contribution in [0.15, 0.2) is 30.3 Å². The number of ketones is 1. The standard InChI is InChI=1S/C8H7O.C2H3O.Mg/c1-7(9)8-5-3-2-4-6-8;1-2-3;/h2-6H,1H2;1H3;. The van der Waals surface area contributed by atoms with Crippen LogP contribution in [-0.4, -0.2) is 30.1 Å². The Kier molecular flexibility index (Phi) is 4.12. The molecule has 0 unspecified atom stereocenters. The first-order valence-corrected chi connectivity index (χ1v) is 5.98. The van der Waals surface area contributed by atoms with Crippen molar-refractivity contribution in [2.75, 3.05) is 0 Å². The second-order valence-electron chi connectivity index (χ2n) is 2.99. The molecule has 0 aliphatic rings. The van der Waals surface area contributed by atoms with Crippen molar-refractivity contribution >= 4 is 30.1 Å². The van der Waals surface area contributed by atoms with Gasteiger partial charge in [0, 0.05) is 5.56 Å². The van der Waals surface area contributed by atoms with Gasteiger partial charge in [-0.1, -0.05) is 34.9 Å². The highest BCUT2D eigenvalue weighted by Gasteiger charge is 2.09. The minimum atomic E-state index is -0.834. The van der Waals surface area contributed by atoms with Crippen LogP contribution < -0.4 is 0 Å². The van der Waals surface area contributed by atoms with E-state index in [9.17, 15) is 9.59 Å². The highest BCUT2D eigenvalue weighted by atomic mass is 24.5. The Morgan fingerprint density at radius 1 is 1.23 bits per heavy atom. The first-order valence-electron chi connectivity index (χ1n) is 4.28. The largest absolute Gasteiger partial charge is 0.477 e. The van der Waals surface area contributed by atoms with Gasteiger partial charge in [-0.15, -0.1) is 0 Å². The van der Waals surface area contributed by atoms with E-state index < -0.39 is 20.4 Å². The summed E-state index contributed by atoms with van der Waals surface area (Å²) in [5.41, 5.74) is 0.719. The van der Waals surface area contributed by atoms with Crippen molar-refractivity contribution in [1.29, 1.82) is 0 Å². The summed E-state index contributed by atoms with van der Waals surface area (Å²) in [6.45, 7) is 1.56. The predicted octanol–water partition coefficient (Wildman–Crippen LogP) is 1.54. The Hall–Kier alpha value is -0.674. The molecule has 0 spiro atoms. The highest BCUT2D eigenvalue weighted by Crippen LogP contribution is 2.02. The van der Waals surface area contributed by atoms with Crippen molar-refractivity contribution in [3.05, 3.63) is 35.9 Å². The van der Waals surface area contributed by atoms with Crippen LogP contribution in [0.3, 0.4) is 0 Å². The minimum Gasteiger partial charge on any atom is -0.336 e. The smallest absolute Gasteiger partial charge is 0.336 e. The van der Waals surface area contributed by atoms with Crippen LogP contribution >= 0.6 is 0 Å². The fourth-order valence-corrected chi connectivity index (χ4v) is 1.93. The molecule has 64 valence electrons. The Morgan fingerprint density at radius 2 is 1.85 bits per heavy atom. The van der Waals surface area contributed by atoms with Crippen molar-refractivity contribution < 1.29 is 9.59 Å². The van der Waals surface area contributed by atoms with Gasteiger partial charge in [0.05, 0.1) is 0 Å². The molecule has 1 aromatic rings. The molecule has 0 bridgehead atoms. The average Bonchev–Trinajstić information content (AvgIpc) is 2.15. The van der Waals surface area contributed by atoms with Crippen LogP contribution in [0.5, 0.6) is 0 Å². The molecule has 0 fully saturated rings. The summed E-state index contributed by atoms with van der Waals surface area (Å²) in [6.07, 6.45) is 0. The summed E-state index contributed by atoms with van der Waals surface area (Å²) >= 11 is -0.834. The molecule has 1 aromatic carbocycles. The summed E-state index contributed by atoms with van der Waals surface area (Å²) in [4.78, 5) is 22.1. The molecule has 0 heterocycles. The highest BCUT2D eigenvalue weighted by molar-refractivity contribution is 6.75. The van der Waals surface area contributed by atoms with E-state index in [4.69, 9.17) is 0 Å². The maximum absolute atomic E-state index is 11.4. The van der Waals surface area contributed by atoms with Gasteiger partial charge in [0.2, 0.25) is 0 Å². The monoisotopic (exact) mass is 186 g/mol. The van der Waals surface area contributed by atoms with Crippen LogP contribution in [-0.2, 0) is 4.79 Å². The SMILES string of the molecule is C[C](=O)[Mg][CH2]C(=O)c1ccccc1. The zero-order chi connectivity index (χ0) is 9.68. The van der Waals surface area contributed by atoms with Gasteiger partial charge in [0.15, 0.2) is 0 Å². The number of hydrogen-bond acceptors (Lipinski definition) is 2. The first-order chi connectivity index (χ1) is 6.20. The molecule has 0 aromatic heterocycles. The lowest BCUT2D eigenvalue weighted by atomic mass is 10.1. The number of rotatable bonds is 4. The molecule has 0 aliphatic carbocycles. The molecule has 0 aliphatic heterocycles. The average molecular weight is 186 g/mol. The fourth-order valence-electron chi connectivity index (χ4n) is 1.06. The maximum atomic E-state index is 11.4. The van der Waals surface area contributed by atoms with Crippen LogP contribution in [0.25, 0.3) is 0 Å². The van der Waals surface area contributed by atoms with Gasteiger partial charge in [-0.2, -0.15) is 0 Å². The summed E-state index contributed by atoms with van der Waals surface area (Å²) in [6, 6.07) is 9.12. The molecular formula is C10H10MgO2. The van der Waals surface area contributed by atoms with Gasteiger partial charge in [0.1, 0.15) is 5.78 Å². The number of hydrogen-bond donors (Lipinski definition) is 0. The van der Waals surface area contributed by atoms with Crippen molar-refractivity contribution in [2.24, 2.45) is 0 Å². The molecule has 2 nitrogen and oxygen atoms in total. The van der Waals surface area contributed by atoms with E-state index in [1.54, 1.807) is 19.1 Å². The summed E-state index contributed by atoms with van der Waals surface area (Å²) < 4.78 is 0.656. The summed E-state index contributed by atoms with van der Waals surface area (Å²) in [5.74, 6) is 0.0995. The van der Waals surface area contributed by atoms with E-state index in [-0.39, 0.29) is 9.70 Å². The van der Waals surface area contributed by atoms with Gasteiger partial charge in [-0.05, 0) is 10.8 Å². The van der Waals surface area contributed by atoms with Crippen LogP contribution in [0.4, 0.5) is 0 Å². The van der Waals surface area contributed by atoms with E-state index in [0.29, 0.717) is 4.55 Å². The van der Waals surface area contributed by atoms with Crippen molar-refractivity contribution in [3.63, 3.8) is 0 Å². The molecule has 1 rings (SSSR count). The second-order valence-corrected chi connectivity index (χ2v) is 4.99. The van der Waals surface area contributed by atoms with Crippen LogP contribution in [0.1, 0.15) is 17.3 Å². The Labute approximate surface area is 87.1 Å². The van der Waals surface area contributed by atoms with Gasteiger partial charge >= 0.3 is 20.4 Å². The van der Waals surface area contributed by atoms with E-state index in [2.05, 4.69) is 0 Å². The molecule has 0 N–H and O–H groups in total. The molecule has 13 heavy (non-hydrogen) atoms. The second kappa shape index (κ2) is 5.14. The Bertz CT molecular complexity index is 306. The number of Topliss-reactive ketones (excluding diaryl/α,β-unsaturated/α-hetero) is 1. The van der Waals surface area contributed by atoms with Crippen LogP contribution in [0, 0.1) is 0 Å². The third kappa shape index (κ3) is 3.70. The summed E-state index contributed by atoms with van der Waals surface area (Å²) in [7, 11) is 0. The lowest BCUT2D eigenvalue weighted by Crippen LogP contribution is -2.09. The molecular weight excluding hydrogens is 176 g/mol. The Balaban J connectivity index is 2.54. The molecule has 0 atom stereocenters. The van der Waals surface area contributed by atoms with Gasteiger partial charge < -0.3 is 4.79 Å². The number of carbonyl (C=O) groups is 2. The quantitative estimate of drug-likeness (QED) is 0.528. The van der Waals surface area contributed by atoms with Gasteiger partial charge in [0.25, 0.3) is 0 Å². The Morgan fingerprint density at radius 3 is 2.38 bits per heavy atom. The minimum absolute atomic E-state index is 0.0995. The number of benzene rings is 1. The molecule has 0 saturated heterocycles. The maximum Gasteiger partial charge on any atom is 0.477 e. The zero-order valence-corrected chi connectivity index (χ0v) is 9.03. The van der Waals surface area contributed by atoms with E-state index in [1.165, 1.54) is 0 Å². The third-order valence-electron chi connectivity index (χ3n) is 1.80. The first kappa shape index (κ1) is 10.4. The van der Waals surface area contributed by atoms with Crippen molar-refractivity contribution in [1.82, 2.24) is 0 Å². The molecule has 0 saturated carbocycles. The molecule has 0 radical (unpaired) electrons. The van der Waals surface area contributed by atoms with Crippen LogP contribution in [0.2, 0.25) is 4.55 Å². The van der Waals surface area contributed by atoms with Gasteiger partial charge in [-0.25, -0.2) is 0 Å². The van der Waals surface area contributed by atoms with E-state index >= 15 is 0 Å². The number of carbonyl (C=O) groups excluding carboxylic acids is 2.